The largest absolute Gasteiger partial charge is 0.497 e. The number of nitrogens with zero attached hydrogens (tertiary/aromatic N) is 2. The molecule has 8 nitrogen and oxygen atoms in total. The van der Waals surface area contributed by atoms with Crippen molar-refractivity contribution in [2.75, 3.05) is 31.3 Å². The minimum Gasteiger partial charge on any atom is -0.497 e. The third kappa shape index (κ3) is 6.99. The zero-order valence-corrected chi connectivity index (χ0v) is 21.2. The number of amides is 2. The maximum absolute atomic E-state index is 13.4. The highest BCUT2D eigenvalue weighted by molar-refractivity contribution is 7.92. The lowest BCUT2D eigenvalue weighted by atomic mass is 10.1. The van der Waals surface area contributed by atoms with Crippen LogP contribution in [0.4, 0.5) is 5.69 Å². The van der Waals surface area contributed by atoms with Crippen LogP contribution in [0.3, 0.4) is 0 Å². The number of likely N-dealkylation sites (N-methyl/N-ethyl adjacent to an activating group) is 1. The number of methoxy groups -OCH3 is 1. The molecular weight excluding hydrogens is 489 g/mol. The van der Waals surface area contributed by atoms with E-state index in [0.717, 1.165) is 16.1 Å². The molecule has 0 saturated carbocycles. The number of halogens is 2. The summed E-state index contributed by atoms with van der Waals surface area (Å²) in [7, 11) is -0.816. The van der Waals surface area contributed by atoms with Gasteiger partial charge in [-0.3, -0.25) is 13.9 Å². The van der Waals surface area contributed by atoms with Crippen molar-refractivity contribution in [2.24, 2.45) is 0 Å². The summed E-state index contributed by atoms with van der Waals surface area (Å²) in [5, 5.41) is 2.98. The Labute approximate surface area is 204 Å². The monoisotopic (exact) mass is 515 g/mol. The standard InChI is InChI=1S/C22H27Cl2N3O5S/c1-5-20(22(29)25-2)26(13-15-6-9-17(32-3)10-7-15)21(28)14-27(33(4,30)31)16-8-11-18(23)19(24)12-16/h6-12,20H,5,13-14H2,1-4H3,(H,25,29)/t20-/m1/s1. The van der Waals surface area contributed by atoms with Gasteiger partial charge in [0, 0.05) is 13.6 Å². The molecule has 0 saturated heterocycles. The second-order valence-corrected chi connectivity index (χ2v) is 10.00. The van der Waals surface area contributed by atoms with Gasteiger partial charge in [0.25, 0.3) is 0 Å². The number of carbonyl (C=O) groups excluding carboxylic acids is 2. The molecule has 0 aliphatic heterocycles. The summed E-state index contributed by atoms with van der Waals surface area (Å²) in [4.78, 5) is 27.3. The van der Waals surface area contributed by atoms with Gasteiger partial charge in [-0.25, -0.2) is 8.42 Å². The Morgan fingerprint density at radius 1 is 1.09 bits per heavy atom. The molecular formula is C22H27Cl2N3O5S. The van der Waals surface area contributed by atoms with Gasteiger partial charge in [-0.15, -0.1) is 0 Å². The van der Waals surface area contributed by atoms with Crippen molar-refractivity contribution in [1.82, 2.24) is 10.2 Å². The Bertz CT molecular complexity index is 1090. The van der Waals surface area contributed by atoms with Crippen LogP contribution in [0.1, 0.15) is 18.9 Å². The van der Waals surface area contributed by atoms with Crippen molar-refractivity contribution in [3.63, 3.8) is 0 Å². The molecule has 0 unspecified atom stereocenters. The van der Waals surface area contributed by atoms with E-state index in [2.05, 4.69) is 5.32 Å². The van der Waals surface area contributed by atoms with Crippen LogP contribution in [0, 0.1) is 0 Å². The molecule has 0 heterocycles. The third-order valence-corrected chi connectivity index (χ3v) is 6.89. The van der Waals surface area contributed by atoms with E-state index >= 15 is 0 Å². The van der Waals surface area contributed by atoms with E-state index in [9.17, 15) is 18.0 Å². The van der Waals surface area contributed by atoms with Gasteiger partial charge in [0.2, 0.25) is 21.8 Å². The first-order valence-electron chi connectivity index (χ1n) is 10.1. The number of benzene rings is 2. The normalized spacial score (nSPS) is 12.1. The first-order valence-corrected chi connectivity index (χ1v) is 12.7. The van der Waals surface area contributed by atoms with Crippen LogP contribution in [0.2, 0.25) is 10.0 Å². The van der Waals surface area contributed by atoms with Crippen LogP contribution in [0.15, 0.2) is 42.5 Å². The summed E-state index contributed by atoms with van der Waals surface area (Å²) >= 11 is 12.0. The number of nitrogens with one attached hydrogen (secondary N) is 1. The Balaban J connectivity index is 2.43. The van der Waals surface area contributed by atoms with Crippen molar-refractivity contribution < 1.29 is 22.7 Å². The molecule has 0 aliphatic carbocycles. The average molecular weight is 516 g/mol. The predicted octanol–water partition coefficient (Wildman–Crippen LogP) is 3.32. The van der Waals surface area contributed by atoms with Crippen molar-refractivity contribution in [3.8, 4) is 5.75 Å². The maximum Gasteiger partial charge on any atom is 0.244 e. The van der Waals surface area contributed by atoms with E-state index in [1.165, 1.54) is 30.1 Å². The SMILES string of the molecule is CC[C@H](C(=O)NC)N(Cc1ccc(OC)cc1)C(=O)CN(c1ccc(Cl)c(Cl)c1)S(C)(=O)=O. The van der Waals surface area contributed by atoms with Crippen LogP contribution < -0.4 is 14.4 Å². The first-order chi connectivity index (χ1) is 15.5. The molecule has 2 aromatic carbocycles. The number of rotatable bonds is 10. The Hall–Kier alpha value is -2.49. The van der Waals surface area contributed by atoms with Crippen molar-refractivity contribution in [3.05, 3.63) is 58.1 Å². The Morgan fingerprint density at radius 2 is 1.73 bits per heavy atom. The van der Waals surface area contributed by atoms with E-state index in [1.54, 1.807) is 38.3 Å². The maximum atomic E-state index is 13.4. The average Bonchev–Trinajstić information content (AvgIpc) is 2.78. The molecule has 1 atom stereocenters. The number of hydrogen-bond acceptors (Lipinski definition) is 5. The highest BCUT2D eigenvalue weighted by Crippen LogP contribution is 2.28. The van der Waals surface area contributed by atoms with E-state index in [1.807, 2.05) is 0 Å². The second kappa shape index (κ2) is 11.6. The number of anilines is 1. The summed E-state index contributed by atoms with van der Waals surface area (Å²) in [6, 6.07) is 10.6. The van der Waals surface area contributed by atoms with E-state index in [4.69, 9.17) is 27.9 Å². The molecule has 0 spiro atoms. The lowest BCUT2D eigenvalue weighted by Crippen LogP contribution is -2.51. The van der Waals surface area contributed by atoms with E-state index < -0.39 is 28.5 Å². The zero-order valence-electron chi connectivity index (χ0n) is 18.8. The lowest BCUT2D eigenvalue weighted by molar-refractivity contribution is -0.140. The summed E-state index contributed by atoms with van der Waals surface area (Å²) in [5.74, 6) is -0.240. The topological polar surface area (TPSA) is 96.0 Å². The van der Waals surface area contributed by atoms with Crippen molar-refractivity contribution in [1.29, 1.82) is 0 Å². The van der Waals surface area contributed by atoms with Gasteiger partial charge in [-0.1, -0.05) is 42.3 Å². The number of hydrogen-bond donors (Lipinski definition) is 1. The predicted molar refractivity (Wildman–Crippen MR) is 130 cm³/mol. The van der Waals surface area contributed by atoms with Crippen molar-refractivity contribution >= 4 is 50.7 Å². The smallest absolute Gasteiger partial charge is 0.244 e. The van der Waals surface area contributed by atoms with Gasteiger partial charge < -0.3 is 15.0 Å². The summed E-state index contributed by atoms with van der Waals surface area (Å²) in [6.07, 6.45) is 1.33. The highest BCUT2D eigenvalue weighted by Gasteiger charge is 2.31. The fourth-order valence-corrected chi connectivity index (χ4v) is 4.40. The molecule has 1 N–H and O–H groups in total. The second-order valence-electron chi connectivity index (χ2n) is 7.28. The summed E-state index contributed by atoms with van der Waals surface area (Å²) < 4.78 is 31.2. The lowest BCUT2D eigenvalue weighted by Gasteiger charge is -2.32. The first kappa shape index (κ1) is 26.8. The van der Waals surface area contributed by atoms with Gasteiger partial charge >= 0.3 is 0 Å². The fraction of sp³-hybridized carbons (Fsp3) is 0.364. The Morgan fingerprint density at radius 3 is 2.21 bits per heavy atom. The highest BCUT2D eigenvalue weighted by atomic mass is 35.5. The molecule has 0 radical (unpaired) electrons. The molecule has 0 aliphatic rings. The van der Waals surface area contributed by atoms with Crippen LogP contribution in [-0.2, 0) is 26.2 Å². The van der Waals surface area contributed by atoms with Crippen LogP contribution >= 0.6 is 23.2 Å². The summed E-state index contributed by atoms with van der Waals surface area (Å²) in [5.41, 5.74) is 0.949. The van der Waals surface area contributed by atoms with Crippen molar-refractivity contribution in [2.45, 2.75) is 25.9 Å². The quantitative estimate of drug-likeness (QED) is 0.523. The van der Waals surface area contributed by atoms with Gasteiger partial charge in [-0.05, 0) is 42.3 Å². The molecule has 180 valence electrons. The van der Waals surface area contributed by atoms with Crippen LogP contribution in [-0.4, -0.2) is 58.1 Å². The van der Waals surface area contributed by atoms with Gasteiger partial charge in [-0.2, -0.15) is 0 Å². The third-order valence-electron chi connectivity index (χ3n) is 5.01. The Kier molecular flexibility index (Phi) is 9.39. The molecule has 0 fully saturated rings. The van der Waals surface area contributed by atoms with Crippen LogP contribution in [0.5, 0.6) is 5.75 Å². The van der Waals surface area contributed by atoms with Gasteiger partial charge in [0.1, 0.15) is 18.3 Å². The molecule has 2 aromatic rings. The van der Waals surface area contributed by atoms with E-state index in [-0.39, 0.29) is 28.2 Å². The molecule has 2 rings (SSSR count). The van der Waals surface area contributed by atoms with E-state index in [0.29, 0.717) is 12.2 Å². The molecule has 0 bridgehead atoms. The molecule has 33 heavy (non-hydrogen) atoms. The number of ether oxygens (including phenoxy) is 1. The van der Waals surface area contributed by atoms with Gasteiger partial charge in [0.15, 0.2) is 0 Å². The molecule has 0 aromatic heterocycles. The zero-order chi connectivity index (χ0) is 24.8. The minimum atomic E-state index is -3.85. The summed E-state index contributed by atoms with van der Waals surface area (Å²) in [6.45, 7) is 1.37. The minimum absolute atomic E-state index is 0.105. The number of sulfonamides is 1. The fourth-order valence-electron chi connectivity index (χ4n) is 3.27. The molecule has 2 amide bonds. The van der Waals surface area contributed by atoms with Crippen LogP contribution in [0.25, 0.3) is 0 Å². The number of carbonyl (C=O) groups is 2. The van der Waals surface area contributed by atoms with Gasteiger partial charge in [0.05, 0.1) is 29.1 Å². The molecule has 11 heteroatoms.